The van der Waals surface area contributed by atoms with Gasteiger partial charge in [-0.25, -0.2) is 0 Å². The highest BCUT2D eigenvalue weighted by molar-refractivity contribution is 5.74. The molecule has 0 amide bonds. The minimum Gasteiger partial charge on any atom is -0.454 e. The highest BCUT2D eigenvalue weighted by Gasteiger charge is 2.19. The fraction of sp³-hybridized carbons (Fsp3) is 0.167. The Hall–Kier alpha value is -2.68. The van der Waals surface area contributed by atoms with Gasteiger partial charge in [0.25, 0.3) is 0 Å². The van der Waals surface area contributed by atoms with Crippen LogP contribution in [0.25, 0.3) is 11.3 Å². The van der Waals surface area contributed by atoms with Gasteiger partial charge in [-0.05, 0) is 18.2 Å². The number of nitrogens with zero attached hydrogens (tertiary/aromatic N) is 3. The van der Waals surface area contributed by atoms with Crippen LogP contribution in [0.5, 0.6) is 11.5 Å². The Bertz CT molecular complexity index is 669. The van der Waals surface area contributed by atoms with Crippen molar-refractivity contribution < 1.29 is 9.47 Å². The number of aryl methyl sites for hydroxylation is 1. The molecule has 0 radical (unpaired) electrons. The van der Waals surface area contributed by atoms with Crippen molar-refractivity contribution in [2.45, 2.75) is 0 Å². The topological polar surface area (TPSA) is 86.1 Å². The summed E-state index contributed by atoms with van der Waals surface area (Å²) >= 11 is 0. The van der Waals surface area contributed by atoms with Crippen molar-refractivity contribution >= 4 is 5.82 Å². The number of hydrogen-bond acceptors (Lipinski definition) is 5. The number of hydrogen-bond donors (Lipinski definition) is 1. The van der Waals surface area contributed by atoms with Crippen LogP contribution >= 0.6 is 0 Å². The Labute approximate surface area is 103 Å². The third-order valence-corrected chi connectivity index (χ3v) is 2.85. The Balaban J connectivity index is 2.16. The number of nitrogens with two attached hydrogens (primary N) is 1. The number of rotatable bonds is 1. The molecule has 0 atom stereocenters. The molecule has 2 heterocycles. The summed E-state index contributed by atoms with van der Waals surface area (Å²) in [4.78, 5) is 0. The lowest BCUT2D eigenvalue weighted by molar-refractivity contribution is 0.174. The number of fused-ring (bicyclic) bond motifs is 1. The van der Waals surface area contributed by atoms with Gasteiger partial charge in [-0.2, -0.15) is 10.4 Å². The average Bonchev–Trinajstić information content (AvgIpc) is 2.94. The van der Waals surface area contributed by atoms with Crippen molar-refractivity contribution in [3.05, 3.63) is 23.8 Å². The van der Waals surface area contributed by atoms with E-state index >= 15 is 0 Å². The quantitative estimate of drug-likeness (QED) is 0.813. The second-order valence-electron chi connectivity index (χ2n) is 3.91. The van der Waals surface area contributed by atoms with Crippen molar-refractivity contribution in [2.24, 2.45) is 7.05 Å². The molecular formula is C12H10N4O2. The number of aromatic nitrogens is 2. The van der Waals surface area contributed by atoms with Crippen LogP contribution in [-0.4, -0.2) is 16.6 Å². The Morgan fingerprint density at radius 2 is 2.17 bits per heavy atom. The first-order chi connectivity index (χ1) is 8.70. The normalized spacial score (nSPS) is 12.4. The Morgan fingerprint density at radius 1 is 1.39 bits per heavy atom. The summed E-state index contributed by atoms with van der Waals surface area (Å²) in [5.41, 5.74) is 7.49. The smallest absolute Gasteiger partial charge is 0.231 e. The van der Waals surface area contributed by atoms with Crippen LogP contribution in [0.15, 0.2) is 18.2 Å². The second-order valence-corrected chi connectivity index (χ2v) is 3.91. The zero-order valence-electron chi connectivity index (χ0n) is 9.67. The van der Waals surface area contributed by atoms with E-state index in [1.807, 2.05) is 6.07 Å². The first-order valence-corrected chi connectivity index (χ1v) is 5.33. The molecule has 0 saturated heterocycles. The standard InChI is InChI=1S/C12H10N4O2/c1-16-12(14)8(5-13)11(15-16)7-2-3-9-10(4-7)18-6-17-9/h2-4H,6,14H2,1H3. The van der Waals surface area contributed by atoms with E-state index in [9.17, 15) is 0 Å². The lowest BCUT2D eigenvalue weighted by Gasteiger charge is -2.00. The molecular weight excluding hydrogens is 232 g/mol. The largest absolute Gasteiger partial charge is 0.454 e. The van der Waals surface area contributed by atoms with Crippen molar-refractivity contribution in [3.63, 3.8) is 0 Å². The lowest BCUT2D eigenvalue weighted by Crippen LogP contribution is -1.97. The van der Waals surface area contributed by atoms with E-state index < -0.39 is 0 Å². The van der Waals surface area contributed by atoms with Gasteiger partial charge in [0.2, 0.25) is 6.79 Å². The van der Waals surface area contributed by atoms with E-state index in [0.717, 1.165) is 5.56 Å². The van der Waals surface area contributed by atoms with Gasteiger partial charge in [0.05, 0.1) is 0 Å². The minimum absolute atomic E-state index is 0.217. The molecule has 2 aromatic rings. The average molecular weight is 242 g/mol. The molecule has 2 N–H and O–H groups in total. The van der Waals surface area contributed by atoms with Crippen LogP contribution in [0.3, 0.4) is 0 Å². The zero-order chi connectivity index (χ0) is 12.7. The summed E-state index contributed by atoms with van der Waals surface area (Å²) in [7, 11) is 1.70. The van der Waals surface area contributed by atoms with Gasteiger partial charge in [0.15, 0.2) is 11.5 Å². The van der Waals surface area contributed by atoms with Crippen molar-refractivity contribution in [2.75, 3.05) is 12.5 Å². The lowest BCUT2D eigenvalue weighted by atomic mass is 10.1. The SMILES string of the molecule is Cn1nc(-c2ccc3c(c2)OCO3)c(C#N)c1N. The predicted octanol–water partition coefficient (Wildman–Crippen LogP) is 1.27. The summed E-state index contributed by atoms with van der Waals surface area (Å²) in [5, 5.41) is 13.4. The number of nitriles is 1. The maximum absolute atomic E-state index is 9.13. The van der Waals surface area contributed by atoms with E-state index in [0.29, 0.717) is 28.6 Å². The highest BCUT2D eigenvalue weighted by Crippen LogP contribution is 2.36. The molecule has 90 valence electrons. The molecule has 1 aliphatic heterocycles. The monoisotopic (exact) mass is 242 g/mol. The molecule has 0 spiro atoms. The summed E-state index contributed by atoms with van der Waals surface area (Å²) in [6.45, 7) is 0.217. The number of anilines is 1. The summed E-state index contributed by atoms with van der Waals surface area (Å²) in [6.07, 6.45) is 0. The first kappa shape index (κ1) is 10.5. The van der Waals surface area contributed by atoms with E-state index in [4.69, 9.17) is 20.5 Å². The molecule has 18 heavy (non-hydrogen) atoms. The van der Waals surface area contributed by atoms with Crippen molar-refractivity contribution in [1.82, 2.24) is 9.78 Å². The van der Waals surface area contributed by atoms with Gasteiger partial charge < -0.3 is 15.2 Å². The molecule has 0 saturated carbocycles. The maximum Gasteiger partial charge on any atom is 0.231 e. The third kappa shape index (κ3) is 1.38. The molecule has 1 aromatic carbocycles. The first-order valence-electron chi connectivity index (χ1n) is 5.33. The minimum atomic E-state index is 0.217. The van der Waals surface area contributed by atoms with Gasteiger partial charge in [0, 0.05) is 12.6 Å². The third-order valence-electron chi connectivity index (χ3n) is 2.85. The van der Waals surface area contributed by atoms with Crippen LogP contribution in [0.4, 0.5) is 5.82 Å². The van der Waals surface area contributed by atoms with Crippen LogP contribution < -0.4 is 15.2 Å². The fourth-order valence-electron chi connectivity index (χ4n) is 1.89. The van der Waals surface area contributed by atoms with Gasteiger partial charge in [0.1, 0.15) is 23.1 Å². The van der Waals surface area contributed by atoms with Gasteiger partial charge in [-0.15, -0.1) is 0 Å². The molecule has 0 aliphatic carbocycles. The summed E-state index contributed by atoms with van der Waals surface area (Å²) < 4.78 is 12.0. The van der Waals surface area contributed by atoms with Gasteiger partial charge in [-0.3, -0.25) is 4.68 Å². The molecule has 1 aliphatic rings. The van der Waals surface area contributed by atoms with Gasteiger partial charge >= 0.3 is 0 Å². The predicted molar refractivity (Wildman–Crippen MR) is 63.9 cm³/mol. The molecule has 1 aromatic heterocycles. The van der Waals surface area contributed by atoms with Crippen LogP contribution in [0.2, 0.25) is 0 Å². The molecule has 0 bridgehead atoms. The number of ether oxygens (including phenoxy) is 2. The molecule has 0 unspecified atom stereocenters. The van der Waals surface area contributed by atoms with Crippen molar-refractivity contribution in [3.8, 4) is 28.8 Å². The van der Waals surface area contributed by atoms with E-state index in [2.05, 4.69) is 11.2 Å². The highest BCUT2D eigenvalue weighted by atomic mass is 16.7. The van der Waals surface area contributed by atoms with E-state index in [1.54, 1.807) is 19.2 Å². The van der Waals surface area contributed by atoms with E-state index in [-0.39, 0.29) is 6.79 Å². The van der Waals surface area contributed by atoms with E-state index in [1.165, 1.54) is 4.68 Å². The Kier molecular flexibility index (Phi) is 2.13. The molecule has 0 fully saturated rings. The molecule has 6 nitrogen and oxygen atoms in total. The Morgan fingerprint density at radius 3 is 2.94 bits per heavy atom. The maximum atomic E-state index is 9.13. The van der Waals surface area contributed by atoms with Crippen LogP contribution in [0, 0.1) is 11.3 Å². The second kappa shape index (κ2) is 3.67. The molecule has 6 heteroatoms. The summed E-state index contributed by atoms with van der Waals surface area (Å²) in [5.74, 6) is 1.70. The zero-order valence-corrected chi connectivity index (χ0v) is 9.67. The number of benzene rings is 1. The summed E-state index contributed by atoms with van der Waals surface area (Å²) in [6, 6.07) is 7.49. The van der Waals surface area contributed by atoms with Crippen LogP contribution in [-0.2, 0) is 7.05 Å². The molecule has 3 rings (SSSR count). The number of nitrogen functional groups attached to an aromatic ring is 1. The van der Waals surface area contributed by atoms with Gasteiger partial charge in [-0.1, -0.05) is 0 Å². The van der Waals surface area contributed by atoms with Crippen molar-refractivity contribution in [1.29, 1.82) is 5.26 Å². The fourth-order valence-corrected chi connectivity index (χ4v) is 1.89. The van der Waals surface area contributed by atoms with Crippen LogP contribution in [0.1, 0.15) is 5.56 Å².